The van der Waals surface area contributed by atoms with Crippen LogP contribution in [-0.2, 0) is 0 Å². The van der Waals surface area contributed by atoms with Gasteiger partial charge in [-0.1, -0.05) is 19.8 Å². The van der Waals surface area contributed by atoms with Crippen molar-refractivity contribution in [1.29, 1.82) is 0 Å². The Balaban J connectivity index is 1.69. The fourth-order valence-electron chi connectivity index (χ4n) is 3.97. The van der Waals surface area contributed by atoms with Crippen molar-refractivity contribution in [3.8, 4) is 0 Å². The molecule has 0 unspecified atom stereocenters. The zero-order valence-electron chi connectivity index (χ0n) is 14.8. The van der Waals surface area contributed by atoms with Crippen molar-refractivity contribution in [3.05, 3.63) is 29.8 Å². The van der Waals surface area contributed by atoms with Crippen LogP contribution in [0.2, 0.25) is 0 Å². The van der Waals surface area contributed by atoms with Crippen molar-refractivity contribution < 1.29 is 9.90 Å². The molecule has 2 aliphatic rings. The smallest absolute Gasteiger partial charge is 0.254 e. The zero-order valence-corrected chi connectivity index (χ0v) is 14.8. The predicted molar refractivity (Wildman–Crippen MR) is 97.5 cm³/mol. The summed E-state index contributed by atoms with van der Waals surface area (Å²) in [5, 5.41) is 9.63. The number of aliphatic hydroxyl groups excluding tert-OH is 1. The Bertz CT molecular complexity index is 535. The molecular weight excluding hydrogens is 300 g/mol. The fraction of sp³-hybridized carbons (Fsp3) is 0.650. The molecule has 4 nitrogen and oxygen atoms in total. The second-order valence-electron chi connectivity index (χ2n) is 7.18. The molecule has 3 rings (SSSR count). The van der Waals surface area contributed by atoms with Gasteiger partial charge in [-0.2, -0.15) is 0 Å². The SMILES string of the molecule is CC[C@H]1CCCCCN1C(=O)c1ccc(N2CCC(O)CC2)cc1. The van der Waals surface area contributed by atoms with E-state index in [4.69, 9.17) is 0 Å². The van der Waals surface area contributed by atoms with Crippen LogP contribution < -0.4 is 4.90 Å². The van der Waals surface area contributed by atoms with Gasteiger partial charge in [0.2, 0.25) is 0 Å². The molecule has 0 radical (unpaired) electrons. The number of nitrogens with zero attached hydrogens (tertiary/aromatic N) is 2. The highest BCUT2D eigenvalue weighted by Gasteiger charge is 2.25. The van der Waals surface area contributed by atoms with E-state index >= 15 is 0 Å². The summed E-state index contributed by atoms with van der Waals surface area (Å²) in [6, 6.07) is 8.46. The monoisotopic (exact) mass is 330 g/mol. The van der Waals surface area contributed by atoms with E-state index in [9.17, 15) is 9.90 Å². The molecule has 0 saturated carbocycles. The highest BCUT2D eigenvalue weighted by atomic mass is 16.3. The van der Waals surface area contributed by atoms with Gasteiger partial charge in [0.05, 0.1) is 6.10 Å². The molecule has 0 spiro atoms. The summed E-state index contributed by atoms with van der Waals surface area (Å²) in [7, 11) is 0. The van der Waals surface area contributed by atoms with Gasteiger partial charge in [0.25, 0.3) is 5.91 Å². The minimum absolute atomic E-state index is 0.156. The van der Waals surface area contributed by atoms with Crippen molar-refractivity contribution in [1.82, 2.24) is 4.90 Å². The summed E-state index contributed by atoms with van der Waals surface area (Å²) in [6.07, 6.45) is 7.27. The minimum atomic E-state index is -0.156. The highest BCUT2D eigenvalue weighted by molar-refractivity contribution is 5.94. The molecular formula is C20H30N2O2. The molecule has 1 atom stereocenters. The Morgan fingerprint density at radius 3 is 2.42 bits per heavy atom. The molecule has 1 aromatic rings. The molecule has 4 heteroatoms. The van der Waals surface area contributed by atoms with Crippen LogP contribution in [0.4, 0.5) is 5.69 Å². The van der Waals surface area contributed by atoms with E-state index in [1.807, 2.05) is 12.1 Å². The molecule has 1 aromatic carbocycles. The van der Waals surface area contributed by atoms with Crippen LogP contribution in [0.5, 0.6) is 0 Å². The normalized spacial score (nSPS) is 23.2. The average molecular weight is 330 g/mol. The Morgan fingerprint density at radius 2 is 1.75 bits per heavy atom. The number of carbonyl (C=O) groups excluding carboxylic acids is 1. The van der Waals surface area contributed by atoms with E-state index in [2.05, 4.69) is 28.9 Å². The summed E-state index contributed by atoms with van der Waals surface area (Å²) in [6.45, 7) is 4.85. The molecule has 0 aromatic heterocycles. The van der Waals surface area contributed by atoms with E-state index in [1.54, 1.807) is 0 Å². The van der Waals surface area contributed by atoms with Gasteiger partial charge in [-0.05, 0) is 56.4 Å². The maximum atomic E-state index is 12.9. The van der Waals surface area contributed by atoms with Crippen molar-refractivity contribution in [2.75, 3.05) is 24.5 Å². The van der Waals surface area contributed by atoms with Crippen LogP contribution in [0.1, 0.15) is 62.2 Å². The summed E-state index contributed by atoms with van der Waals surface area (Å²) < 4.78 is 0. The molecule has 0 aliphatic carbocycles. The van der Waals surface area contributed by atoms with Crippen LogP contribution in [0, 0.1) is 0 Å². The molecule has 1 amide bonds. The van der Waals surface area contributed by atoms with E-state index in [0.717, 1.165) is 63.0 Å². The molecule has 2 heterocycles. The predicted octanol–water partition coefficient (Wildman–Crippen LogP) is 3.44. The maximum absolute atomic E-state index is 12.9. The molecule has 2 fully saturated rings. The topological polar surface area (TPSA) is 43.8 Å². The van der Waals surface area contributed by atoms with Crippen LogP contribution >= 0.6 is 0 Å². The maximum Gasteiger partial charge on any atom is 0.254 e. The van der Waals surface area contributed by atoms with E-state index in [1.165, 1.54) is 12.8 Å². The van der Waals surface area contributed by atoms with Gasteiger partial charge in [-0.3, -0.25) is 4.79 Å². The lowest BCUT2D eigenvalue weighted by molar-refractivity contribution is 0.0678. The van der Waals surface area contributed by atoms with Crippen molar-refractivity contribution in [2.24, 2.45) is 0 Å². The molecule has 1 N–H and O–H groups in total. The lowest BCUT2D eigenvalue weighted by Gasteiger charge is -2.32. The number of carbonyl (C=O) groups is 1. The van der Waals surface area contributed by atoms with Crippen LogP contribution in [-0.4, -0.2) is 47.7 Å². The molecule has 0 bridgehead atoms. The number of hydrogen-bond donors (Lipinski definition) is 1. The number of benzene rings is 1. The van der Waals surface area contributed by atoms with Gasteiger partial charge >= 0.3 is 0 Å². The molecule has 24 heavy (non-hydrogen) atoms. The largest absolute Gasteiger partial charge is 0.393 e. The minimum Gasteiger partial charge on any atom is -0.393 e. The third-order valence-corrected chi connectivity index (χ3v) is 5.55. The highest BCUT2D eigenvalue weighted by Crippen LogP contribution is 2.24. The van der Waals surface area contributed by atoms with Gasteiger partial charge in [-0.15, -0.1) is 0 Å². The Labute approximate surface area is 145 Å². The number of amides is 1. The third kappa shape index (κ3) is 3.92. The first kappa shape index (κ1) is 17.3. The summed E-state index contributed by atoms with van der Waals surface area (Å²) in [5.41, 5.74) is 1.96. The fourth-order valence-corrected chi connectivity index (χ4v) is 3.97. The van der Waals surface area contributed by atoms with Gasteiger partial charge in [0, 0.05) is 36.9 Å². The lowest BCUT2D eigenvalue weighted by atomic mass is 10.1. The van der Waals surface area contributed by atoms with Crippen LogP contribution in [0.15, 0.2) is 24.3 Å². The number of likely N-dealkylation sites (tertiary alicyclic amines) is 1. The summed E-state index contributed by atoms with van der Waals surface area (Å²) in [5.74, 6) is 0.185. The first-order chi connectivity index (χ1) is 11.7. The van der Waals surface area contributed by atoms with E-state index in [-0.39, 0.29) is 12.0 Å². The lowest BCUT2D eigenvalue weighted by Crippen LogP contribution is -2.39. The average Bonchev–Trinajstić information content (AvgIpc) is 2.87. The van der Waals surface area contributed by atoms with Crippen LogP contribution in [0.25, 0.3) is 0 Å². The Kier molecular flexibility index (Phi) is 5.77. The van der Waals surface area contributed by atoms with Crippen molar-refractivity contribution in [3.63, 3.8) is 0 Å². The van der Waals surface area contributed by atoms with E-state index in [0.29, 0.717) is 6.04 Å². The quantitative estimate of drug-likeness (QED) is 0.923. The number of hydrogen-bond acceptors (Lipinski definition) is 3. The number of piperidine rings is 1. The van der Waals surface area contributed by atoms with E-state index < -0.39 is 0 Å². The van der Waals surface area contributed by atoms with Gasteiger partial charge in [0.15, 0.2) is 0 Å². The first-order valence-corrected chi connectivity index (χ1v) is 9.53. The summed E-state index contributed by atoms with van der Waals surface area (Å²) >= 11 is 0. The zero-order chi connectivity index (χ0) is 16.9. The Hall–Kier alpha value is -1.55. The molecule has 132 valence electrons. The Morgan fingerprint density at radius 1 is 1.04 bits per heavy atom. The number of anilines is 1. The van der Waals surface area contributed by atoms with Gasteiger partial charge in [-0.25, -0.2) is 0 Å². The number of rotatable bonds is 3. The summed E-state index contributed by atoms with van der Waals surface area (Å²) in [4.78, 5) is 17.3. The number of aliphatic hydroxyl groups is 1. The second kappa shape index (κ2) is 8.02. The van der Waals surface area contributed by atoms with Gasteiger partial charge < -0.3 is 14.9 Å². The standard InChI is InChI=1S/C20H30N2O2/c1-2-17-6-4-3-5-13-22(17)20(24)16-7-9-18(10-8-16)21-14-11-19(23)12-15-21/h7-10,17,19,23H,2-6,11-15H2,1H3/t17-/m0/s1. The molecule has 2 saturated heterocycles. The van der Waals surface area contributed by atoms with Crippen molar-refractivity contribution >= 4 is 11.6 Å². The first-order valence-electron chi connectivity index (χ1n) is 9.53. The molecule has 2 aliphatic heterocycles. The van der Waals surface area contributed by atoms with Crippen LogP contribution in [0.3, 0.4) is 0 Å². The second-order valence-corrected chi connectivity index (χ2v) is 7.18. The third-order valence-electron chi connectivity index (χ3n) is 5.55. The van der Waals surface area contributed by atoms with Crippen molar-refractivity contribution in [2.45, 2.75) is 64.0 Å². The van der Waals surface area contributed by atoms with Gasteiger partial charge in [0.1, 0.15) is 0 Å².